The van der Waals surface area contributed by atoms with Gasteiger partial charge in [-0.25, -0.2) is 9.97 Å². The van der Waals surface area contributed by atoms with Gasteiger partial charge in [0.25, 0.3) is 5.91 Å². The van der Waals surface area contributed by atoms with E-state index in [2.05, 4.69) is 40.5 Å². The second kappa shape index (κ2) is 9.47. The highest BCUT2D eigenvalue weighted by Crippen LogP contribution is 2.19. The molecule has 1 heterocycles. The van der Waals surface area contributed by atoms with Crippen LogP contribution in [0.15, 0.2) is 60.7 Å². The maximum Gasteiger partial charge on any atom is 0.274 e. The van der Waals surface area contributed by atoms with E-state index in [4.69, 9.17) is 5.26 Å². The number of rotatable bonds is 7. The fraction of sp³-hybridized carbons (Fsp3) is 0.217. The predicted molar refractivity (Wildman–Crippen MR) is 115 cm³/mol. The highest BCUT2D eigenvalue weighted by atomic mass is 16.1. The molecule has 0 bridgehead atoms. The maximum absolute atomic E-state index is 12.8. The van der Waals surface area contributed by atoms with Crippen LogP contribution in [0.2, 0.25) is 0 Å². The van der Waals surface area contributed by atoms with Crippen molar-refractivity contribution in [2.75, 3.05) is 17.2 Å². The molecule has 3 rings (SSSR count). The fourth-order valence-corrected chi connectivity index (χ4v) is 2.72. The van der Waals surface area contributed by atoms with Gasteiger partial charge < -0.3 is 10.6 Å². The third kappa shape index (κ3) is 5.63. The van der Waals surface area contributed by atoms with Crippen LogP contribution >= 0.6 is 0 Å². The summed E-state index contributed by atoms with van der Waals surface area (Å²) < 4.78 is 0. The lowest BCUT2D eigenvalue weighted by molar-refractivity contribution is 0.102. The van der Waals surface area contributed by atoms with Crippen molar-refractivity contribution in [3.63, 3.8) is 0 Å². The Morgan fingerprint density at radius 1 is 1.07 bits per heavy atom. The summed E-state index contributed by atoms with van der Waals surface area (Å²) in [6.45, 7) is 5.07. The Kier molecular flexibility index (Phi) is 6.54. The zero-order chi connectivity index (χ0) is 20.6. The molecule has 0 atom stereocenters. The SMILES string of the molecule is CC(C)CCNc1cc(C(=O)Nc2cccc(C#N)c2)nc(-c2ccccc2)n1. The average molecular weight is 385 g/mol. The van der Waals surface area contributed by atoms with Crippen molar-refractivity contribution >= 4 is 17.4 Å². The molecule has 2 aromatic carbocycles. The largest absolute Gasteiger partial charge is 0.370 e. The van der Waals surface area contributed by atoms with Crippen LogP contribution in [0.25, 0.3) is 11.4 Å². The Hall–Kier alpha value is -3.72. The molecule has 0 spiro atoms. The van der Waals surface area contributed by atoms with E-state index >= 15 is 0 Å². The van der Waals surface area contributed by atoms with Crippen LogP contribution in [-0.2, 0) is 0 Å². The van der Waals surface area contributed by atoms with Crippen LogP contribution in [0.3, 0.4) is 0 Å². The highest BCUT2D eigenvalue weighted by Gasteiger charge is 2.14. The van der Waals surface area contributed by atoms with Gasteiger partial charge in [-0.2, -0.15) is 5.26 Å². The van der Waals surface area contributed by atoms with Gasteiger partial charge in [0.15, 0.2) is 5.82 Å². The van der Waals surface area contributed by atoms with Gasteiger partial charge in [-0.1, -0.05) is 50.2 Å². The summed E-state index contributed by atoms with van der Waals surface area (Å²) in [5, 5.41) is 15.1. The summed E-state index contributed by atoms with van der Waals surface area (Å²) >= 11 is 0. The molecule has 1 amide bonds. The lowest BCUT2D eigenvalue weighted by Crippen LogP contribution is -2.16. The maximum atomic E-state index is 12.8. The van der Waals surface area contributed by atoms with Crippen LogP contribution in [0.5, 0.6) is 0 Å². The quantitative estimate of drug-likeness (QED) is 0.614. The summed E-state index contributed by atoms with van der Waals surface area (Å²) in [4.78, 5) is 21.8. The van der Waals surface area contributed by atoms with E-state index in [1.54, 1.807) is 30.3 Å². The number of hydrogen-bond acceptors (Lipinski definition) is 5. The van der Waals surface area contributed by atoms with Crippen molar-refractivity contribution in [2.45, 2.75) is 20.3 Å². The van der Waals surface area contributed by atoms with E-state index in [1.165, 1.54) is 0 Å². The molecule has 3 aromatic rings. The molecule has 0 aliphatic carbocycles. The van der Waals surface area contributed by atoms with Crippen molar-refractivity contribution in [1.82, 2.24) is 9.97 Å². The Morgan fingerprint density at radius 2 is 1.86 bits per heavy atom. The van der Waals surface area contributed by atoms with Crippen LogP contribution in [0.1, 0.15) is 36.3 Å². The molecule has 6 nitrogen and oxygen atoms in total. The molecule has 2 N–H and O–H groups in total. The van der Waals surface area contributed by atoms with Gasteiger partial charge in [0, 0.05) is 23.9 Å². The molecule has 0 aliphatic heterocycles. The Labute approximate surface area is 170 Å². The Balaban J connectivity index is 1.89. The first-order valence-corrected chi connectivity index (χ1v) is 9.55. The molecule has 0 saturated heterocycles. The van der Waals surface area contributed by atoms with Gasteiger partial charge >= 0.3 is 0 Å². The smallest absolute Gasteiger partial charge is 0.274 e. The molecule has 146 valence electrons. The van der Waals surface area contributed by atoms with Gasteiger partial charge in [-0.3, -0.25) is 4.79 Å². The van der Waals surface area contributed by atoms with E-state index < -0.39 is 0 Å². The fourth-order valence-electron chi connectivity index (χ4n) is 2.72. The second-order valence-corrected chi connectivity index (χ2v) is 7.08. The Morgan fingerprint density at radius 3 is 2.59 bits per heavy atom. The van der Waals surface area contributed by atoms with Gasteiger partial charge in [-0.05, 0) is 30.5 Å². The average Bonchev–Trinajstić information content (AvgIpc) is 2.74. The molecular formula is C23H23N5O. The lowest BCUT2D eigenvalue weighted by atomic mass is 10.1. The predicted octanol–water partition coefficient (Wildman–Crippen LogP) is 4.73. The molecule has 0 unspecified atom stereocenters. The van der Waals surface area contributed by atoms with Crippen LogP contribution in [-0.4, -0.2) is 22.4 Å². The summed E-state index contributed by atoms with van der Waals surface area (Å²) in [7, 11) is 0. The van der Waals surface area contributed by atoms with Crippen LogP contribution < -0.4 is 10.6 Å². The summed E-state index contributed by atoms with van der Waals surface area (Å²) in [5.41, 5.74) is 2.11. The molecule has 6 heteroatoms. The number of hydrogen-bond donors (Lipinski definition) is 2. The molecule has 0 radical (unpaired) electrons. The van der Waals surface area contributed by atoms with Crippen molar-refractivity contribution < 1.29 is 4.79 Å². The number of nitrogens with one attached hydrogen (secondary N) is 2. The minimum atomic E-state index is -0.355. The van der Waals surface area contributed by atoms with Gasteiger partial charge in [0.2, 0.25) is 0 Å². The van der Waals surface area contributed by atoms with Gasteiger partial charge in [0.05, 0.1) is 11.6 Å². The molecule has 29 heavy (non-hydrogen) atoms. The topological polar surface area (TPSA) is 90.7 Å². The monoisotopic (exact) mass is 385 g/mol. The molecule has 0 saturated carbocycles. The van der Waals surface area contributed by atoms with E-state index in [-0.39, 0.29) is 11.6 Å². The van der Waals surface area contributed by atoms with Crippen molar-refractivity contribution in [2.24, 2.45) is 5.92 Å². The summed E-state index contributed by atoms with van der Waals surface area (Å²) in [5.74, 6) is 1.30. The molecular weight excluding hydrogens is 362 g/mol. The third-order valence-corrected chi connectivity index (χ3v) is 4.27. The zero-order valence-corrected chi connectivity index (χ0v) is 16.5. The summed E-state index contributed by atoms with van der Waals surface area (Å²) in [6.07, 6.45) is 0.993. The third-order valence-electron chi connectivity index (χ3n) is 4.27. The number of benzene rings is 2. The standard InChI is InChI=1S/C23H23N5O/c1-16(2)11-12-25-21-14-20(27-22(28-21)18-8-4-3-5-9-18)23(29)26-19-10-6-7-17(13-19)15-24/h3-10,13-14,16H,11-12H2,1-2H3,(H,26,29)(H,25,27,28). The van der Waals surface area contributed by atoms with Crippen molar-refractivity contribution in [3.05, 3.63) is 71.9 Å². The lowest BCUT2D eigenvalue weighted by Gasteiger charge is -2.11. The number of aromatic nitrogens is 2. The van der Waals surface area contributed by atoms with Crippen LogP contribution in [0, 0.1) is 17.2 Å². The zero-order valence-electron chi connectivity index (χ0n) is 16.5. The number of anilines is 2. The normalized spacial score (nSPS) is 10.4. The van der Waals surface area contributed by atoms with Gasteiger partial charge in [0.1, 0.15) is 11.5 Å². The first kappa shape index (κ1) is 20.0. The first-order valence-electron chi connectivity index (χ1n) is 9.55. The van der Waals surface area contributed by atoms with E-state index in [9.17, 15) is 4.79 Å². The van der Waals surface area contributed by atoms with Crippen molar-refractivity contribution in [3.8, 4) is 17.5 Å². The second-order valence-electron chi connectivity index (χ2n) is 7.08. The minimum absolute atomic E-state index is 0.258. The van der Waals surface area contributed by atoms with E-state index in [0.717, 1.165) is 18.5 Å². The minimum Gasteiger partial charge on any atom is -0.370 e. The Bertz CT molecular complexity index is 1020. The van der Waals surface area contributed by atoms with E-state index in [1.807, 2.05) is 30.3 Å². The molecule has 0 fully saturated rings. The van der Waals surface area contributed by atoms with Gasteiger partial charge in [-0.15, -0.1) is 0 Å². The number of amides is 1. The highest BCUT2D eigenvalue weighted by molar-refractivity contribution is 6.03. The van der Waals surface area contributed by atoms with Crippen LogP contribution in [0.4, 0.5) is 11.5 Å². The number of carbonyl (C=O) groups is 1. The van der Waals surface area contributed by atoms with E-state index in [0.29, 0.717) is 28.8 Å². The number of carbonyl (C=O) groups excluding carboxylic acids is 1. The number of nitrogens with zero attached hydrogens (tertiary/aromatic N) is 3. The summed E-state index contributed by atoms with van der Waals surface area (Å²) in [6, 6.07) is 20.0. The molecule has 1 aromatic heterocycles. The first-order chi connectivity index (χ1) is 14.0. The van der Waals surface area contributed by atoms with Crippen molar-refractivity contribution in [1.29, 1.82) is 5.26 Å². The molecule has 0 aliphatic rings. The number of nitriles is 1.